The molecule has 1 amide bonds. The van der Waals surface area contributed by atoms with Crippen LogP contribution in [0.1, 0.15) is 36.0 Å². The van der Waals surface area contributed by atoms with Crippen LogP contribution >= 0.6 is 11.3 Å². The summed E-state index contributed by atoms with van der Waals surface area (Å²) in [5.41, 5.74) is 0.765. The van der Waals surface area contributed by atoms with Gasteiger partial charge in [-0.2, -0.15) is 11.3 Å². The molecule has 0 aliphatic rings. The van der Waals surface area contributed by atoms with Gasteiger partial charge in [0, 0.05) is 12.0 Å². The summed E-state index contributed by atoms with van der Waals surface area (Å²) in [4.78, 5) is 11.9. The molecule has 0 spiro atoms. The van der Waals surface area contributed by atoms with E-state index in [0.29, 0.717) is 12.2 Å². The molecule has 1 atom stereocenters. The smallest absolute Gasteiger partial charge is 0.220 e. The Bertz CT molecular complexity index is 599. The van der Waals surface area contributed by atoms with Gasteiger partial charge in [-0.1, -0.05) is 0 Å². The SMILES string of the molecule is Cc1cc(C(C)(O)CNC(=O)CCc2ccsc2)c(C)o1. The van der Waals surface area contributed by atoms with Crippen LogP contribution in [-0.2, 0) is 16.8 Å². The first kappa shape index (κ1) is 15.8. The molecule has 0 saturated carbocycles. The molecule has 0 fully saturated rings. The van der Waals surface area contributed by atoms with Gasteiger partial charge in [0.25, 0.3) is 0 Å². The lowest BCUT2D eigenvalue weighted by atomic mass is 9.96. The van der Waals surface area contributed by atoms with Gasteiger partial charge in [-0.3, -0.25) is 4.79 Å². The third kappa shape index (κ3) is 4.19. The van der Waals surface area contributed by atoms with Gasteiger partial charge >= 0.3 is 0 Å². The zero-order valence-corrected chi connectivity index (χ0v) is 13.4. The van der Waals surface area contributed by atoms with E-state index in [9.17, 15) is 9.90 Å². The Hall–Kier alpha value is -1.59. The van der Waals surface area contributed by atoms with Gasteiger partial charge < -0.3 is 14.8 Å². The molecule has 0 radical (unpaired) electrons. The summed E-state index contributed by atoms with van der Waals surface area (Å²) in [7, 11) is 0. The van der Waals surface area contributed by atoms with Crippen molar-refractivity contribution < 1.29 is 14.3 Å². The van der Waals surface area contributed by atoms with Crippen LogP contribution in [-0.4, -0.2) is 17.6 Å². The molecule has 2 rings (SSSR count). The number of thiophene rings is 1. The minimum atomic E-state index is -1.13. The number of hydrogen-bond acceptors (Lipinski definition) is 4. The monoisotopic (exact) mass is 307 g/mol. The molecule has 0 aromatic carbocycles. The second-order valence-corrected chi connectivity index (χ2v) is 6.29. The van der Waals surface area contributed by atoms with Gasteiger partial charge in [-0.15, -0.1) is 0 Å². The number of aryl methyl sites for hydroxylation is 3. The Morgan fingerprint density at radius 1 is 1.48 bits per heavy atom. The van der Waals surface area contributed by atoms with Crippen LogP contribution in [0.3, 0.4) is 0 Å². The summed E-state index contributed by atoms with van der Waals surface area (Å²) in [5, 5.41) is 17.3. The Morgan fingerprint density at radius 3 is 2.81 bits per heavy atom. The van der Waals surface area contributed by atoms with Gasteiger partial charge in [0.05, 0.1) is 6.54 Å². The third-order valence-corrected chi connectivity index (χ3v) is 4.20. The molecular weight excluding hydrogens is 286 g/mol. The molecule has 0 bridgehead atoms. The minimum Gasteiger partial charge on any atom is -0.466 e. The summed E-state index contributed by atoms with van der Waals surface area (Å²) < 4.78 is 5.43. The van der Waals surface area contributed by atoms with Crippen molar-refractivity contribution in [2.24, 2.45) is 0 Å². The van der Waals surface area contributed by atoms with Gasteiger partial charge in [0.1, 0.15) is 17.1 Å². The van der Waals surface area contributed by atoms with E-state index in [1.54, 1.807) is 18.3 Å². The van der Waals surface area contributed by atoms with Crippen LogP contribution in [0.15, 0.2) is 27.3 Å². The molecule has 2 aromatic rings. The molecule has 2 heterocycles. The number of aliphatic hydroxyl groups is 1. The number of furan rings is 1. The fourth-order valence-corrected chi connectivity index (χ4v) is 3.02. The summed E-state index contributed by atoms with van der Waals surface area (Å²) in [6, 6.07) is 3.83. The number of carbonyl (C=O) groups excluding carboxylic acids is 1. The largest absolute Gasteiger partial charge is 0.466 e. The predicted octanol–water partition coefficient (Wildman–Crippen LogP) is 2.91. The van der Waals surface area contributed by atoms with Crippen molar-refractivity contribution >= 4 is 17.2 Å². The first-order chi connectivity index (χ1) is 9.88. The Kier molecular flexibility index (Phi) is 4.85. The van der Waals surface area contributed by atoms with Crippen molar-refractivity contribution in [3.05, 3.63) is 45.5 Å². The highest BCUT2D eigenvalue weighted by molar-refractivity contribution is 7.07. The summed E-state index contributed by atoms with van der Waals surface area (Å²) >= 11 is 1.63. The van der Waals surface area contributed by atoms with E-state index in [1.165, 1.54) is 5.56 Å². The van der Waals surface area contributed by atoms with Crippen LogP contribution in [0.25, 0.3) is 0 Å². The topological polar surface area (TPSA) is 62.5 Å². The van der Waals surface area contributed by atoms with E-state index in [4.69, 9.17) is 4.42 Å². The van der Waals surface area contributed by atoms with Crippen molar-refractivity contribution in [2.45, 2.75) is 39.2 Å². The molecule has 114 valence electrons. The molecule has 2 aromatic heterocycles. The summed E-state index contributed by atoms with van der Waals surface area (Å²) in [6.45, 7) is 5.51. The van der Waals surface area contributed by atoms with Crippen LogP contribution in [0.4, 0.5) is 0 Å². The number of carbonyl (C=O) groups is 1. The molecule has 4 nitrogen and oxygen atoms in total. The first-order valence-electron chi connectivity index (χ1n) is 6.96. The van der Waals surface area contributed by atoms with Crippen molar-refractivity contribution in [3.63, 3.8) is 0 Å². The molecule has 5 heteroatoms. The fourth-order valence-electron chi connectivity index (χ4n) is 2.31. The lowest BCUT2D eigenvalue weighted by Gasteiger charge is -2.23. The molecule has 0 aliphatic heterocycles. The fraction of sp³-hybridized carbons (Fsp3) is 0.438. The highest BCUT2D eigenvalue weighted by Gasteiger charge is 2.28. The molecule has 0 saturated heterocycles. The lowest BCUT2D eigenvalue weighted by molar-refractivity contribution is -0.122. The van der Waals surface area contributed by atoms with Crippen molar-refractivity contribution in [2.75, 3.05) is 6.54 Å². The first-order valence-corrected chi connectivity index (χ1v) is 7.90. The average molecular weight is 307 g/mol. The zero-order valence-electron chi connectivity index (χ0n) is 12.6. The third-order valence-electron chi connectivity index (χ3n) is 3.47. The molecule has 0 aliphatic carbocycles. The maximum absolute atomic E-state index is 11.9. The number of hydrogen-bond donors (Lipinski definition) is 2. The Morgan fingerprint density at radius 2 is 2.24 bits per heavy atom. The molecule has 1 unspecified atom stereocenters. The normalized spacial score (nSPS) is 13.9. The van der Waals surface area contributed by atoms with E-state index < -0.39 is 5.60 Å². The Labute approximate surface area is 128 Å². The van der Waals surface area contributed by atoms with Gasteiger partial charge in [-0.05, 0) is 55.6 Å². The molecule has 2 N–H and O–H groups in total. The average Bonchev–Trinajstić information content (AvgIpc) is 3.04. The van der Waals surface area contributed by atoms with Crippen molar-refractivity contribution in [1.82, 2.24) is 5.32 Å². The number of nitrogens with one attached hydrogen (secondary N) is 1. The molecule has 21 heavy (non-hydrogen) atoms. The van der Waals surface area contributed by atoms with E-state index in [0.717, 1.165) is 17.7 Å². The minimum absolute atomic E-state index is 0.0562. The van der Waals surface area contributed by atoms with Crippen molar-refractivity contribution in [3.8, 4) is 0 Å². The van der Waals surface area contributed by atoms with E-state index in [1.807, 2.05) is 36.7 Å². The van der Waals surface area contributed by atoms with Gasteiger partial charge in [0.15, 0.2) is 0 Å². The molecular formula is C16H21NO3S. The second kappa shape index (κ2) is 6.45. The van der Waals surface area contributed by atoms with Crippen LogP contribution in [0.5, 0.6) is 0 Å². The van der Waals surface area contributed by atoms with Crippen LogP contribution < -0.4 is 5.32 Å². The quantitative estimate of drug-likeness (QED) is 0.862. The standard InChI is InChI=1S/C16H21NO3S/c1-11-8-14(12(2)20-11)16(3,19)10-17-15(18)5-4-13-6-7-21-9-13/h6-9,19H,4-5,10H2,1-3H3,(H,17,18). The lowest BCUT2D eigenvalue weighted by Crippen LogP contribution is -2.38. The van der Waals surface area contributed by atoms with Crippen LogP contribution in [0, 0.1) is 13.8 Å². The zero-order chi connectivity index (χ0) is 15.5. The second-order valence-electron chi connectivity index (χ2n) is 5.51. The maximum atomic E-state index is 11.9. The highest BCUT2D eigenvalue weighted by atomic mass is 32.1. The summed E-state index contributed by atoms with van der Waals surface area (Å²) in [6.07, 6.45) is 1.15. The number of rotatable bonds is 6. The number of amides is 1. The van der Waals surface area contributed by atoms with Crippen molar-refractivity contribution in [1.29, 1.82) is 0 Å². The maximum Gasteiger partial charge on any atom is 0.220 e. The van der Waals surface area contributed by atoms with Gasteiger partial charge in [0.2, 0.25) is 5.91 Å². The van der Waals surface area contributed by atoms with E-state index in [2.05, 4.69) is 5.32 Å². The summed E-state index contributed by atoms with van der Waals surface area (Å²) in [5.74, 6) is 1.39. The van der Waals surface area contributed by atoms with E-state index >= 15 is 0 Å². The van der Waals surface area contributed by atoms with Gasteiger partial charge in [-0.25, -0.2) is 0 Å². The van der Waals surface area contributed by atoms with Crippen LogP contribution in [0.2, 0.25) is 0 Å². The van der Waals surface area contributed by atoms with E-state index in [-0.39, 0.29) is 12.5 Å². The Balaban J connectivity index is 1.86. The predicted molar refractivity (Wildman–Crippen MR) is 83.4 cm³/mol. The highest BCUT2D eigenvalue weighted by Crippen LogP contribution is 2.26.